The molecule has 0 saturated heterocycles. The molecule has 0 spiro atoms. The van der Waals surface area contributed by atoms with Crippen molar-refractivity contribution >= 4 is 23.2 Å². The van der Waals surface area contributed by atoms with Crippen LogP contribution in [0.3, 0.4) is 0 Å². The van der Waals surface area contributed by atoms with Crippen molar-refractivity contribution in [3.63, 3.8) is 0 Å². The van der Waals surface area contributed by atoms with Crippen LogP contribution in [0.1, 0.15) is 18.1 Å². The lowest BCUT2D eigenvalue weighted by Crippen LogP contribution is -2.14. The second-order valence-corrected chi connectivity index (χ2v) is 4.97. The summed E-state index contributed by atoms with van der Waals surface area (Å²) in [6.07, 6.45) is 0.341. The fourth-order valence-corrected chi connectivity index (χ4v) is 1.94. The van der Waals surface area contributed by atoms with Gasteiger partial charge in [0.2, 0.25) is 11.8 Å². The number of hydrogen-bond donors (Lipinski definition) is 2. The maximum absolute atomic E-state index is 11.9. The molecule has 0 atom stereocenters. The number of benzene rings is 2. The predicted octanol–water partition coefficient (Wildman–Crippen LogP) is 3.13. The van der Waals surface area contributed by atoms with E-state index in [1.54, 1.807) is 24.3 Å². The van der Waals surface area contributed by atoms with E-state index in [1.807, 2.05) is 31.2 Å². The molecule has 0 aromatic heterocycles. The van der Waals surface area contributed by atoms with Gasteiger partial charge in [-0.25, -0.2) is 0 Å². The highest BCUT2D eigenvalue weighted by molar-refractivity contribution is 5.93. The van der Waals surface area contributed by atoms with Gasteiger partial charge < -0.3 is 10.6 Å². The molecular formula is C17H18N2O2. The summed E-state index contributed by atoms with van der Waals surface area (Å²) in [4.78, 5) is 22.9. The van der Waals surface area contributed by atoms with Crippen molar-refractivity contribution in [2.75, 3.05) is 10.6 Å². The molecule has 108 valence electrons. The summed E-state index contributed by atoms with van der Waals surface area (Å²) in [6, 6.07) is 14.9. The number of rotatable bonds is 4. The first-order valence-corrected chi connectivity index (χ1v) is 6.76. The molecule has 0 aliphatic rings. The van der Waals surface area contributed by atoms with Crippen LogP contribution in [-0.4, -0.2) is 11.8 Å². The van der Waals surface area contributed by atoms with E-state index < -0.39 is 0 Å². The number of aryl methyl sites for hydroxylation is 1. The molecule has 2 aromatic carbocycles. The summed E-state index contributed by atoms with van der Waals surface area (Å²) in [5.41, 5.74) is 3.57. The Morgan fingerprint density at radius 2 is 1.38 bits per heavy atom. The third-order valence-electron chi connectivity index (χ3n) is 2.97. The molecule has 4 nitrogen and oxygen atoms in total. The minimum absolute atomic E-state index is 0.0638. The fourth-order valence-electron chi connectivity index (χ4n) is 1.94. The van der Waals surface area contributed by atoms with E-state index in [0.29, 0.717) is 17.8 Å². The average molecular weight is 282 g/mol. The summed E-state index contributed by atoms with van der Waals surface area (Å²) < 4.78 is 0. The van der Waals surface area contributed by atoms with Crippen molar-refractivity contribution in [3.05, 3.63) is 59.7 Å². The molecule has 2 N–H and O–H groups in total. The fraction of sp³-hybridized carbons (Fsp3) is 0.176. The van der Waals surface area contributed by atoms with Gasteiger partial charge >= 0.3 is 0 Å². The second-order valence-electron chi connectivity index (χ2n) is 4.97. The molecule has 0 bridgehead atoms. The van der Waals surface area contributed by atoms with Gasteiger partial charge in [0, 0.05) is 18.3 Å². The highest BCUT2D eigenvalue weighted by Crippen LogP contribution is 2.14. The van der Waals surface area contributed by atoms with E-state index in [0.717, 1.165) is 5.56 Å². The van der Waals surface area contributed by atoms with Crippen LogP contribution in [0.5, 0.6) is 0 Å². The molecule has 0 saturated carbocycles. The minimum atomic E-state index is -0.119. The van der Waals surface area contributed by atoms with Crippen LogP contribution in [0, 0.1) is 6.92 Å². The summed E-state index contributed by atoms with van der Waals surface area (Å²) in [7, 11) is 0. The molecule has 0 radical (unpaired) electrons. The summed E-state index contributed by atoms with van der Waals surface area (Å²) >= 11 is 0. The third kappa shape index (κ3) is 4.76. The smallest absolute Gasteiger partial charge is 0.228 e. The van der Waals surface area contributed by atoms with E-state index in [4.69, 9.17) is 0 Å². The Balaban J connectivity index is 1.93. The Kier molecular flexibility index (Phi) is 4.72. The van der Waals surface area contributed by atoms with Gasteiger partial charge in [0.25, 0.3) is 0 Å². The molecule has 2 amide bonds. The van der Waals surface area contributed by atoms with Crippen molar-refractivity contribution < 1.29 is 9.59 Å². The van der Waals surface area contributed by atoms with Crippen LogP contribution in [0.4, 0.5) is 11.4 Å². The first-order valence-electron chi connectivity index (χ1n) is 6.76. The Hall–Kier alpha value is -2.62. The van der Waals surface area contributed by atoms with Crippen molar-refractivity contribution in [2.24, 2.45) is 0 Å². The van der Waals surface area contributed by atoms with Crippen molar-refractivity contribution in [2.45, 2.75) is 20.3 Å². The molecule has 0 unspecified atom stereocenters. The van der Waals surface area contributed by atoms with Gasteiger partial charge in [-0.1, -0.05) is 29.8 Å². The molecule has 0 fully saturated rings. The van der Waals surface area contributed by atoms with Crippen LogP contribution in [0.15, 0.2) is 48.5 Å². The van der Waals surface area contributed by atoms with Gasteiger partial charge in [-0.3, -0.25) is 9.59 Å². The Bertz CT molecular complexity index is 631. The number of amides is 2. The maximum atomic E-state index is 11.9. The monoisotopic (exact) mass is 282 g/mol. The number of anilines is 2. The molecule has 2 rings (SSSR count). The first kappa shape index (κ1) is 14.8. The molecule has 21 heavy (non-hydrogen) atoms. The lowest BCUT2D eigenvalue weighted by Gasteiger charge is -2.07. The molecule has 0 aliphatic carbocycles. The number of nitrogens with one attached hydrogen (secondary N) is 2. The first-order chi connectivity index (χ1) is 10.0. The van der Waals surface area contributed by atoms with Gasteiger partial charge in [-0.2, -0.15) is 0 Å². The van der Waals surface area contributed by atoms with Crippen LogP contribution >= 0.6 is 0 Å². The molecule has 2 aromatic rings. The zero-order valence-electron chi connectivity index (χ0n) is 12.1. The van der Waals surface area contributed by atoms with Crippen molar-refractivity contribution in [1.82, 2.24) is 0 Å². The van der Waals surface area contributed by atoms with Crippen LogP contribution in [0.25, 0.3) is 0 Å². The SMILES string of the molecule is CC(=O)Nc1ccc(NC(=O)Cc2ccc(C)cc2)cc1. The van der Waals surface area contributed by atoms with Gasteiger partial charge in [-0.15, -0.1) is 0 Å². The van der Waals surface area contributed by atoms with E-state index in [1.165, 1.54) is 12.5 Å². The number of carbonyl (C=O) groups excluding carboxylic acids is 2. The normalized spacial score (nSPS) is 10.0. The van der Waals surface area contributed by atoms with Crippen molar-refractivity contribution in [3.8, 4) is 0 Å². The van der Waals surface area contributed by atoms with Crippen molar-refractivity contribution in [1.29, 1.82) is 0 Å². The highest BCUT2D eigenvalue weighted by Gasteiger charge is 2.04. The summed E-state index contributed by atoms with van der Waals surface area (Å²) in [5.74, 6) is -0.183. The second kappa shape index (κ2) is 6.70. The predicted molar refractivity (Wildman–Crippen MR) is 84.3 cm³/mol. The van der Waals surface area contributed by atoms with Gasteiger partial charge in [0.15, 0.2) is 0 Å². The third-order valence-corrected chi connectivity index (χ3v) is 2.97. The molecule has 0 heterocycles. The molecule has 0 aliphatic heterocycles. The Morgan fingerprint density at radius 1 is 0.857 bits per heavy atom. The van der Waals surface area contributed by atoms with Gasteiger partial charge in [-0.05, 0) is 36.8 Å². The lowest BCUT2D eigenvalue weighted by atomic mass is 10.1. The van der Waals surface area contributed by atoms with Crippen LogP contribution in [0.2, 0.25) is 0 Å². The van der Waals surface area contributed by atoms with E-state index in [-0.39, 0.29) is 11.8 Å². The van der Waals surface area contributed by atoms with Crippen LogP contribution < -0.4 is 10.6 Å². The van der Waals surface area contributed by atoms with E-state index in [2.05, 4.69) is 10.6 Å². The number of carbonyl (C=O) groups is 2. The largest absolute Gasteiger partial charge is 0.326 e. The topological polar surface area (TPSA) is 58.2 Å². The van der Waals surface area contributed by atoms with E-state index in [9.17, 15) is 9.59 Å². The standard InChI is InChI=1S/C17H18N2O2/c1-12-3-5-14(6-4-12)11-17(21)19-16-9-7-15(8-10-16)18-13(2)20/h3-10H,11H2,1-2H3,(H,18,20)(H,19,21). The van der Waals surface area contributed by atoms with Gasteiger partial charge in [0.1, 0.15) is 0 Å². The number of hydrogen-bond acceptors (Lipinski definition) is 2. The Labute approximate surface area is 124 Å². The quantitative estimate of drug-likeness (QED) is 0.905. The van der Waals surface area contributed by atoms with Crippen LogP contribution in [-0.2, 0) is 16.0 Å². The zero-order chi connectivity index (χ0) is 15.2. The zero-order valence-corrected chi connectivity index (χ0v) is 12.1. The molecular weight excluding hydrogens is 264 g/mol. The maximum Gasteiger partial charge on any atom is 0.228 e. The highest BCUT2D eigenvalue weighted by atomic mass is 16.2. The Morgan fingerprint density at radius 3 is 1.90 bits per heavy atom. The lowest BCUT2D eigenvalue weighted by molar-refractivity contribution is -0.116. The summed E-state index contributed by atoms with van der Waals surface area (Å²) in [6.45, 7) is 3.47. The van der Waals surface area contributed by atoms with Gasteiger partial charge in [0.05, 0.1) is 6.42 Å². The minimum Gasteiger partial charge on any atom is -0.326 e. The van der Waals surface area contributed by atoms with E-state index >= 15 is 0 Å². The summed E-state index contributed by atoms with van der Waals surface area (Å²) in [5, 5.41) is 5.51. The molecule has 4 heteroatoms. The average Bonchev–Trinajstić information content (AvgIpc) is 2.43.